The van der Waals surface area contributed by atoms with Crippen molar-refractivity contribution in [3.63, 3.8) is 0 Å². The number of nitrogens with zero attached hydrogens (tertiary/aromatic N) is 1. The van der Waals surface area contributed by atoms with Gasteiger partial charge in [0.15, 0.2) is 5.96 Å². The quantitative estimate of drug-likeness (QED) is 0.330. The van der Waals surface area contributed by atoms with Crippen molar-refractivity contribution in [1.82, 2.24) is 10.6 Å². The van der Waals surface area contributed by atoms with Gasteiger partial charge in [-0.05, 0) is 43.9 Å². The second-order valence-corrected chi connectivity index (χ2v) is 6.62. The molecule has 0 aromatic carbocycles. The van der Waals surface area contributed by atoms with Crippen molar-refractivity contribution < 1.29 is 9.47 Å². The third-order valence-corrected chi connectivity index (χ3v) is 4.00. The van der Waals surface area contributed by atoms with Gasteiger partial charge in [0.1, 0.15) is 0 Å². The van der Waals surface area contributed by atoms with Crippen LogP contribution >= 0.6 is 0 Å². The van der Waals surface area contributed by atoms with E-state index in [1.165, 1.54) is 12.8 Å². The van der Waals surface area contributed by atoms with Crippen LogP contribution in [0.4, 0.5) is 0 Å². The van der Waals surface area contributed by atoms with E-state index < -0.39 is 0 Å². The molecule has 0 bridgehead atoms. The highest BCUT2D eigenvalue weighted by Crippen LogP contribution is 2.48. The third-order valence-electron chi connectivity index (χ3n) is 4.00. The first-order chi connectivity index (χ1) is 10.6. The Morgan fingerprint density at radius 3 is 2.55 bits per heavy atom. The average molecular weight is 313 g/mol. The Balaban J connectivity index is 2.07. The summed E-state index contributed by atoms with van der Waals surface area (Å²) < 4.78 is 11.0. The fraction of sp³-hybridized carbons (Fsp3) is 0.941. The number of rotatable bonds is 12. The molecule has 0 atom stereocenters. The summed E-state index contributed by atoms with van der Waals surface area (Å²) in [7, 11) is 1.82. The number of ether oxygens (including phenoxy) is 2. The maximum absolute atomic E-state index is 5.58. The van der Waals surface area contributed by atoms with Crippen LogP contribution in [0.3, 0.4) is 0 Å². The van der Waals surface area contributed by atoms with E-state index in [0.29, 0.717) is 11.3 Å². The molecule has 0 aromatic rings. The lowest BCUT2D eigenvalue weighted by Crippen LogP contribution is -2.41. The van der Waals surface area contributed by atoms with Crippen LogP contribution in [0, 0.1) is 11.3 Å². The average Bonchev–Trinajstić information content (AvgIpc) is 3.26. The largest absolute Gasteiger partial charge is 0.382 e. The fourth-order valence-electron chi connectivity index (χ4n) is 2.32. The van der Waals surface area contributed by atoms with Gasteiger partial charge in [0, 0.05) is 46.6 Å². The van der Waals surface area contributed by atoms with Crippen LogP contribution in [0.5, 0.6) is 0 Å². The maximum Gasteiger partial charge on any atom is 0.190 e. The Morgan fingerprint density at radius 2 is 1.95 bits per heavy atom. The monoisotopic (exact) mass is 313 g/mol. The van der Waals surface area contributed by atoms with Crippen molar-refractivity contribution in [2.24, 2.45) is 16.3 Å². The highest BCUT2D eigenvalue weighted by Gasteiger charge is 2.41. The SMILES string of the molecule is CCOCCC1(CNC(=NC)NCCCOCC(C)C)CC1. The van der Waals surface area contributed by atoms with Crippen molar-refractivity contribution in [3.05, 3.63) is 0 Å². The molecule has 0 radical (unpaired) electrons. The molecule has 0 aromatic heterocycles. The van der Waals surface area contributed by atoms with Crippen molar-refractivity contribution in [2.45, 2.75) is 46.5 Å². The molecule has 0 heterocycles. The highest BCUT2D eigenvalue weighted by atomic mass is 16.5. The van der Waals surface area contributed by atoms with Crippen LogP contribution in [0.1, 0.15) is 46.5 Å². The molecule has 0 spiro atoms. The van der Waals surface area contributed by atoms with E-state index in [1.807, 2.05) is 7.05 Å². The molecule has 0 saturated heterocycles. The zero-order valence-corrected chi connectivity index (χ0v) is 14.9. The Labute approximate surface area is 136 Å². The minimum atomic E-state index is 0.438. The molecule has 1 rings (SSSR count). The fourth-order valence-corrected chi connectivity index (χ4v) is 2.32. The predicted octanol–water partition coefficient (Wildman–Crippen LogP) is 2.42. The molecule has 5 nitrogen and oxygen atoms in total. The zero-order chi connectivity index (χ0) is 16.3. The topological polar surface area (TPSA) is 54.9 Å². The Hall–Kier alpha value is -0.810. The van der Waals surface area contributed by atoms with E-state index in [0.717, 1.165) is 58.3 Å². The first-order valence-corrected chi connectivity index (χ1v) is 8.72. The van der Waals surface area contributed by atoms with E-state index in [-0.39, 0.29) is 0 Å². The van der Waals surface area contributed by atoms with Crippen LogP contribution < -0.4 is 10.6 Å². The number of aliphatic imine (C=N–C) groups is 1. The number of guanidine groups is 1. The third kappa shape index (κ3) is 8.59. The summed E-state index contributed by atoms with van der Waals surface area (Å²) in [5.41, 5.74) is 0.438. The normalized spacial score (nSPS) is 16.9. The van der Waals surface area contributed by atoms with Crippen LogP contribution in [-0.2, 0) is 9.47 Å². The molecule has 1 fully saturated rings. The lowest BCUT2D eigenvalue weighted by molar-refractivity contribution is 0.108. The van der Waals surface area contributed by atoms with Crippen LogP contribution in [-0.4, -0.2) is 52.5 Å². The van der Waals surface area contributed by atoms with Crippen LogP contribution in [0.25, 0.3) is 0 Å². The molecular weight excluding hydrogens is 278 g/mol. The molecule has 0 amide bonds. The lowest BCUT2D eigenvalue weighted by Gasteiger charge is -2.18. The van der Waals surface area contributed by atoms with E-state index in [4.69, 9.17) is 9.47 Å². The van der Waals surface area contributed by atoms with Gasteiger partial charge in [-0.25, -0.2) is 0 Å². The molecule has 1 aliphatic carbocycles. The summed E-state index contributed by atoms with van der Waals surface area (Å²) in [6.07, 6.45) is 4.75. The van der Waals surface area contributed by atoms with E-state index >= 15 is 0 Å². The van der Waals surface area contributed by atoms with E-state index in [2.05, 4.69) is 36.4 Å². The summed E-state index contributed by atoms with van der Waals surface area (Å²) in [6, 6.07) is 0. The van der Waals surface area contributed by atoms with Crippen molar-refractivity contribution in [3.8, 4) is 0 Å². The zero-order valence-electron chi connectivity index (χ0n) is 14.9. The first kappa shape index (κ1) is 19.2. The molecule has 5 heteroatoms. The smallest absolute Gasteiger partial charge is 0.190 e. The lowest BCUT2D eigenvalue weighted by atomic mass is 10.0. The Kier molecular flexibility index (Phi) is 9.48. The van der Waals surface area contributed by atoms with Gasteiger partial charge < -0.3 is 20.1 Å². The van der Waals surface area contributed by atoms with Gasteiger partial charge in [-0.2, -0.15) is 0 Å². The minimum absolute atomic E-state index is 0.438. The molecule has 0 aliphatic heterocycles. The van der Waals surface area contributed by atoms with Gasteiger partial charge in [0.05, 0.1) is 0 Å². The summed E-state index contributed by atoms with van der Waals surface area (Å²) in [5, 5.41) is 6.80. The van der Waals surface area contributed by atoms with Crippen LogP contribution in [0.2, 0.25) is 0 Å². The summed E-state index contributed by atoms with van der Waals surface area (Å²) in [4.78, 5) is 4.28. The van der Waals surface area contributed by atoms with Gasteiger partial charge in [0.2, 0.25) is 0 Å². The predicted molar refractivity (Wildman–Crippen MR) is 92.4 cm³/mol. The van der Waals surface area contributed by atoms with Gasteiger partial charge >= 0.3 is 0 Å². The van der Waals surface area contributed by atoms with Crippen molar-refractivity contribution in [1.29, 1.82) is 0 Å². The van der Waals surface area contributed by atoms with Gasteiger partial charge in [0.25, 0.3) is 0 Å². The van der Waals surface area contributed by atoms with Crippen LogP contribution in [0.15, 0.2) is 4.99 Å². The summed E-state index contributed by atoms with van der Waals surface area (Å²) in [5.74, 6) is 1.50. The highest BCUT2D eigenvalue weighted by molar-refractivity contribution is 5.79. The molecule has 22 heavy (non-hydrogen) atoms. The maximum atomic E-state index is 5.58. The van der Waals surface area contributed by atoms with Gasteiger partial charge in [-0.1, -0.05) is 13.8 Å². The van der Waals surface area contributed by atoms with E-state index in [9.17, 15) is 0 Å². The second kappa shape index (κ2) is 10.8. The summed E-state index contributed by atoms with van der Waals surface area (Å²) in [6.45, 7) is 11.6. The second-order valence-electron chi connectivity index (χ2n) is 6.62. The Bertz CT molecular complexity index is 315. The minimum Gasteiger partial charge on any atom is -0.382 e. The molecule has 2 N–H and O–H groups in total. The van der Waals surface area contributed by atoms with Crippen molar-refractivity contribution in [2.75, 3.05) is 46.6 Å². The number of hydrogen-bond acceptors (Lipinski definition) is 3. The summed E-state index contributed by atoms with van der Waals surface area (Å²) >= 11 is 0. The number of hydrogen-bond donors (Lipinski definition) is 2. The molecule has 1 aliphatic rings. The molecule has 1 saturated carbocycles. The molecule has 130 valence electrons. The Morgan fingerprint density at radius 1 is 1.18 bits per heavy atom. The standard InChI is InChI=1S/C17H35N3O2/c1-5-21-12-9-17(7-8-17)14-20-16(18-4)19-10-6-11-22-13-15(2)3/h15H,5-14H2,1-4H3,(H2,18,19,20). The molecule has 0 unspecified atom stereocenters. The first-order valence-electron chi connectivity index (χ1n) is 8.72. The van der Waals surface area contributed by atoms with E-state index in [1.54, 1.807) is 0 Å². The molecular formula is C17H35N3O2. The van der Waals surface area contributed by atoms with Gasteiger partial charge in [-0.15, -0.1) is 0 Å². The van der Waals surface area contributed by atoms with Crippen molar-refractivity contribution >= 4 is 5.96 Å². The van der Waals surface area contributed by atoms with Gasteiger partial charge in [-0.3, -0.25) is 4.99 Å². The number of nitrogens with one attached hydrogen (secondary N) is 2.